The molecule has 2 aromatic rings. The Morgan fingerprint density at radius 2 is 2.06 bits per heavy atom. The number of hydrogen-bond acceptors (Lipinski definition) is 2. The third-order valence-corrected chi connectivity index (χ3v) is 3.22. The molecule has 18 heavy (non-hydrogen) atoms. The number of nitrogens with two attached hydrogens (primary N) is 1. The molecule has 2 aromatic carbocycles. The predicted molar refractivity (Wildman–Crippen MR) is 76.9 cm³/mol. The van der Waals surface area contributed by atoms with Crippen molar-refractivity contribution < 1.29 is 4.74 Å². The van der Waals surface area contributed by atoms with Crippen LogP contribution in [-0.2, 0) is 6.54 Å². The summed E-state index contributed by atoms with van der Waals surface area (Å²) in [5, 5.41) is 2.32. The normalized spacial score (nSPS) is 11.8. The van der Waals surface area contributed by atoms with Gasteiger partial charge in [0, 0.05) is 17.6 Å². The lowest BCUT2D eigenvalue weighted by Crippen LogP contribution is -2.05. The number of halogens is 1. The van der Waals surface area contributed by atoms with Crippen LogP contribution in [0.1, 0.15) is 12.5 Å². The van der Waals surface area contributed by atoms with Crippen molar-refractivity contribution in [1.82, 2.24) is 0 Å². The van der Waals surface area contributed by atoms with Crippen molar-refractivity contribution in [2.45, 2.75) is 13.5 Å². The van der Waals surface area contributed by atoms with E-state index in [0.29, 0.717) is 13.2 Å². The highest BCUT2D eigenvalue weighted by Gasteiger charge is 2.07. The SMILES string of the molecule is C/C(=C/Cl)COc1ccc2ccccc2c1CN. The molecule has 2 N–H and O–H groups in total. The van der Waals surface area contributed by atoms with E-state index in [1.807, 2.05) is 31.2 Å². The first-order chi connectivity index (χ1) is 8.76. The molecule has 2 rings (SSSR count). The fourth-order valence-corrected chi connectivity index (χ4v) is 1.95. The molecule has 0 saturated heterocycles. The van der Waals surface area contributed by atoms with E-state index in [1.165, 1.54) is 10.9 Å². The van der Waals surface area contributed by atoms with Crippen LogP contribution in [0.25, 0.3) is 10.8 Å². The fraction of sp³-hybridized carbons (Fsp3) is 0.200. The molecule has 0 atom stereocenters. The van der Waals surface area contributed by atoms with Gasteiger partial charge in [0.1, 0.15) is 12.4 Å². The highest BCUT2D eigenvalue weighted by atomic mass is 35.5. The summed E-state index contributed by atoms with van der Waals surface area (Å²) in [6, 6.07) is 12.2. The topological polar surface area (TPSA) is 35.2 Å². The Kier molecular flexibility index (Phi) is 4.24. The average molecular weight is 262 g/mol. The second-order valence-corrected chi connectivity index (χ2v) is 4.43. The van der Waals surface area contributed by atoms with Crippen molar-refractivity contribution in [2.24, 2.45) is 5.73 Å². The van der Waals surface area contributed by atoms with Crippen LogP contribution in [0.15, 0.2) is 47.5 Å². The second-order valence-electron chi connectivity index (χ2n) is 4.21. The minimum Gasteiger partial charge on any atom is -0.489 e. The molecule has 3 heteroatoms. The molecule has 0 bridgehead atoms. The van der Waals surface area contributed by atoms with Crippen LogP contribution < -0.4 is 10.5 Å². The first kappa shape index (κ1) is 12.9. The summed E-state index contributed by atoms with van der Waals surface area (Å²) < 4.78 is 5.76. The smallest absolute Gasteiger partial charge is 0.124 e. The zero-order valence-electron chi connectivity index (χ0n) is 10.3. The molecule has 0 aliphatic carbocycles. The van der Waals surface area contributed by atoms with E-state index in [4.69, 9.17) is 22.1 Å². The molecule has 0 unspecified atom stereocenters. The predicted octanol–water partition coefficient (Wildman–Crippen LogP) is 3.82. The van der Waals surface area contributed by atoms with Crippen LogP contribution in [0.3, 0.4) is 0 Å². The van der Waals surface area contributed by atoms with E-state index in [2.05, 4.69) is 12.1 Å². The van der Waals surface area contributed by atoms with Crippen LogP contribution in [0.5, 0.6) is 5.75 Å². The molecule has 0 heterocycles. The van der Waals surface area contributed by atoms with Gasteiger partial charge in [0.05, 0.1) is 0 Å². The second kappa shape index (κ2) is 5.89. The molecule has 94 valence electrons. The van der Waals surface area contributed by atoms with Gasteiger partial charge in [-0.15, -0.1) is 0 Å². The number of hydrogen-bond donors (Lipinski definition) is 1. The quantitative estimate of drug-likeness (QED) is 0.908. The third kappa shape index (κ3) is 2.66. The molecular weight excluding hydrogens is 246 g/mol. The Bertz CT molecular complexity index is 578. The van der Waals surface area contributed by atoms with Crippen LogP contribution in [0.2, 0.25) is 0 Å². The Hall–Kier alpha value is -1.51. The molecule has 0 radical (unpaired) electrons. The van der Waals surface area contributed by atoms with Crippen molar-refractivity contribution in [1.29, 1.82) is 0 Å². The Labute approximate surface area is 112 Å². The summed E-state index contributed by atoms with van der Waals surface area (Å²) >= 11 is 5.62. The molecular formula is C15H16ClNO. The number of benzene rings is 2. The summed E-state index contributed by atoms with van der Waals surface area (Å²) in [5.41, 5.74) is 9.38. The first-order valence-electron chi connectivity index (χ1n) is 5.85. The van der Waals surface area contributed by atoms with Gasteiger partial charge in [-0.1, -0.05) is 41.9 Å². The van der Waals surface area contributed by atoms with Crippen LogP contribution in [-0.4, -0.2) is 6.61 Å². The summed E-state index contributed by atoms with van der Waals surface area (Å²) in [6.07, 6.45) is 0. The van der Waals surface area contributed by atoms with Gasteiger partial charge in [-0.3, -0.25) is 0 Å². The van der Waals surface area contributed by atoms with Gasteiger partial charge in [0.2, 0.25) is 0 Å². The minimum absolute atomic E-state index is 0.459. The molecule has 0 aliphatic rings. The molecule has 0 spiro atoms. The van der Waals surface area contributed by atoms with Crippen molar-refractivity contribution >= 4 is 22.4 Å². The standard InChI is InChI=1S/C15H16ClNO/c1-11(8-16)10-18-15-7-6-12-4-2-3-5-13(12)14(15)9-17/h2-8H,9-10,17H2,1H3/b11-8-. The van der Waals surface area contributed by atoms with Gasteiger partial charge >= 0.3 is 0 Å². The molecule has 0 aromatic heterocycles. The fourth-order valence-electron chi connectivity index (χ4n) is 1.88. The lowest BCUT2D eigenvalue weighted by molar-refractivity contribution is 0.349. The lowest BCUT2D eigenvalue weighted by Gasteiger charge is -2.13. The van der Waals surface area contributed by atoms with Crippen LogP contribution in [0, 0.1) is 0 Å². The van der Waals surface area contributed by atoms with Crippen LogP contribution >= 0.6 is 11.6 Å². The van der Waals surface area contributed by atoms with Crippen molar-refractivity contribution in [3.8, 4) is 5.75 Å². The van der Waals surface area contributed by atoms with E-state index in [9.17, 15) is 0 Å². The monoisotopic (exact) mass is 261 g/mol. The van der Waals surface area contributed by atoms with E-state index < -0.39 is 0 Å². The van der Waals surface area contributed by atoms with E-state index in [-0.39, 0.29) is 0 Å². The van der Waals surface area contributed by atoms with Crippen molar-refractivity contribution in [3.05, 3.63) is 53.1 Å². The van der Waals surface area contributed by atoms with Gasteiger partial charge < -0.3 is 10.5 Å². The molecule has 2 nitrogen and oxygen atoms in total. The van der Waals surface area contributed by atoms with Gasteiger partial charge in [-0.25, -0.2) is 0 Å². The maximum atomic E-state index is 5.83. The molecule has 0 saturated carbocycles. The van der Waals surface area contributed by atoms with Crippen LogP contribution in [0.4, 0.5) is 0 Å². The average Bonchev–Trinajstić information content (AvgIpc) is 2.43. The number of rotatable bonds is 4. The summed E-state index contributed by atoms with van der Waals surface area (Å²) in [5.74, 6) is 0.828. The Morgan fingerprint density at radius 3 is 2.78 bits per heavy atom. The van der Waals surface area contributed by atoms with Gasteiger partial charge in [-0.2, -0.15) is 0 Å². The molecule has 0 aliphatic heterocycles. The Morgan fingerprint density at radius 1 is 1.28 bits per heavy atom. The third-order valence-electron chi connectivity index (χ3n) is 2.84. The zero-order valence-corrected chi connectivity index (χ0v) is 11.1. The van der Waals surface area contributed by atoms with Crippen molar-refractivity contribution in [2.75, 3.05) is 6.61 Å². The molecule has 0 fully saturated rings. The molecule has 0 amide bonds. The lowest BCUT2D eigenvalue weighted by atomic mass is 10.0. The first-order valence-corrected chi connectivity index (χ1v) is 6.29. The summed E-state index contributed by atoms with van der Waals surface area (Å²) in [6.45, 7) is 2.87. The van der Waals surface area contributed by atoms with Gasteiger partial charge in [0.25, 0.3) is 0 Å². The van der Waals surface area contributed by atoms with E-state index >= 15 is 0 Å². The van der Waals surface area contributed by atoms with Crippen molar-refractivity contribution in [3.63, 3.8) is 0 Å². The van der Waals surface area contributed by atoms with Gasteiger partial charge in [0.15, 0.2) is 0 Å². The Balaban J connectivity index is 2.38. The highest BCUT2D eigenvalue weighted by Crippen LogP contribution is 2.27. The van der Waals surface area contributed by atoms with Gasteiger partial charge in [-0.05, 0) is 29.3 Å². The minimum atomic E-state index is 0.459. The number of ether oxygens (including phenoxy) is 1. The summed E-state index contributed by atoms with van der Waals surface area (Å²) in [4.78, 5) is 0. The van der Waals surface area contributed by atoms with E-state index in [1.54, 1.807) is 0 Å². The maximum Gasteiger partial charge on any atom is 0.124 e. The number of fused-ring (bicyclic) bond motifs is 1. The largest absolute Gasteiger partial charge is 0.489 e. The summed E-state index contributed by atoms with van der Waals surface area (Å²) in [7, 11) is 0. The maximum absolute atomic E-state index is 5.83. The zero-order chi connectivity index (χ0) is 13.0. The van der Waals surface area contributed by atoms with E-state index in [0.717, 1.165) is 22.3 Å². The highest BCUT2D eigenvalue weighted by molar-refractivity contribution is 6.25.